The van der Waals surface area contributed by atoms with Crippen molar-refractivity contribution in [2.24, 2.45) is 0 Å². The second-order valence-corrected chi connectivity index (χ2v) is 2.25. The summed E-state index contributed by atoms with van der Waals surface area (Å²) < 4.78 is 0. The Balaban J connectivity index is 2.36. The van der Waals surface area contributed by atoms with E-state index in [9.17, 15) is 0 Å². The molecule has 0 aromatic heterocycles. The lowest BCUT2D eigenvalue weighted by Gasteiger charge is -1.87. The van der Waals surface area contributed by atoms with E-state index in [-0.39, 0.29) is 0 Å². The average molecular weight is 116 g/mol. The van der Waals surface area contributed by atoms with Gasteiger partial charge in [0.15, 0.2) is 0 Å². The van der Waals surface area contributed by atoms with Crippen LogP contribution in [0.1, 0.15) is 13.3 Å². The third-order valence-electron chi connectivity index (χ3n) is 0.823. The van der Waals surface area contributed by atoms with Crippen molar-refractivity contribution >= 4 is 11.9 Å². The minimum absolute atomic E-state index is 1.12. The van der Waals surface area contributed by atoms with Crippen LogP contribution in [0.2, 0.25) is 0 Å². The largest absolute Gasteiger partial charge is 0.318 e. The Morgan fingerprint density at radius 2 is 2.71 bits per heavy atom. The van der Waals surface area contributed by atoms with Crippen molar-refractivity contribution in [3.63, 3.8) is 0 Å². The third kappa shape index (κ3) is 1.11. The highest BCUT2D eigenvalue weighted by Crippen LogP contribution is 2.16. The Morgan fingerprint density at radius 3 is 3.00 bits per heavy atom. The van der Waals surface area contributed by atoms with E-state index in [0.29, 0.717) is 0 Å². The molecular weight excluding hydrogens is 108 g/mol. The van der Waals surface area contributed by atoms with Gasteiger partial charge in [0.05, 0.1) is 0 Å². The Kier molecular flexibility index (Phi) is 1.59. The summed E-state index contributed by atoms with van der Waals surface area (Å²) in [5, 5.41) is 0. The quantitative estimate of drug-likeness (QED) is 0.500. The summed E-state index contributed by atoms with van der Waals surface area (Å²) in [6, 6.07) is 0. The SMILES string of the molecule is CCC1=CNNS1. The maximum Gasteiger partial charge on any atom is 0.0243 e. The molecule has 1 aliphatic heterocycles. The lowest BCUT2D eigenvalue weighted by molar-refractivity contribution is 0.893. The Labute approximate surface area is 47.5 Å². The summed E-state index contributed by atoms with van der Waals surface area (Å²) in [6.07, 6.45) is 3.09. The van der Waals surface area contributed by atoms with Crippen molar-refractivity contribution in [3.05, 3.63) is 11.1 Å². The van der Waals surface area contributed by atoms with Gasteiger partial charge in [-0.05, 0) is 18.4 Å². The van der Waals surface area contributed by atoms with Gasteiger partial charge < -0.3 is 5.43 Å². The maximum absolute atomic E-state index is 2.90. The van der Waals surface area contributed by atoms with E-state index in [4.69, 9.17) is 0 Å². The van der Waals surface area contributed by atoms with E-state index in [1.54, 1.807) is 11.9 Å². The number of nitrogens with one attached hydrogen (secondary N) is 2. The molecule has 2 nitrogen and oxygen atoms in total. The fourth-order valence-electron chi connectivity index (χ4n) is 0.409. The highest BCUT2D eigenvalue weighted by atomic mass is 32.2. The molecule has 0 aromatic carbocycles. The van der Waals surface area contributed by atoms with Crippen molar-refractivity contribution < 1.29 is 0 Å². The number of hydrogen-bond acceptors (Lipinski definition) is 3. The van der Waals surface area contributed by atoms with Gasteiger partial charge in [-0.1, -0.05) is 6.92 Å². The van der Waals surface area contributed by atoms with Gasteiger partial charge in [-0.25, -0.2) is 0 Å². The molecule has 1 rings (SSSR count). The zero-order valence-corrected chi connectivity index (χ0v) is 5.01. The summed E-state index contributed by atoms with van der Waals surface area (Å²) in [5.74, 6) is 0. The zero-order valence-electron chi connectivity index (χ0n) is 4.19. The molecule has 0 bridgehead atoms. The van der Waals surface area contributed by atoms with Gasteiger partial charge in [-0.3, -0.25) is 0 Å². The van der Waals surface area contributed by atoms with E-state index >= 15 is 0 Å². The molecule has 0 aromatic rings. The molecule has 2 N–H and O–H groups in total. The lowest BCUT2D eigenvalue weighted by Crippen LogP contribution is -2.11. The van der Waals surface area contributed by atoms with Crippen molar-refractivity contribution in [1.29, 1.82) is 0 Å². The fraction of sp³-hybridized carbons (Fsp3) is 0.500. The summed E-state index contributed by atoms with van der Waals surface area (Å²) in [6.45, 7) is 2.13. The van der Waals surface area contributed by atoms with Crippen LogP contribution in [0.25, 0.3) is 0 Å². The number of hydrazine groups is 1. The highest BCUT2D eigenvalue weighted by Gasteiger charge is 1.98. The van der Waals surface area contributed by atoms with Gasteiger partial charge in [-0.2, -0.15) is 4.83 Å². The van der Waals surface area contributed by atoms with Gasteiger partial charge in [0, 0.05) is 11.1 Å². The molecule has 0 aliphatic carbocycles. The third-order valence-corrected chi connectivity index (χ3v) is 1.71. The smallest absolute Gasteiger partial charge is 0.0243 e. The Bertz CT molecular complexity index is 89.7. The van der Waals surface area contributed by atoms with Gasteiger partial charge in [-0.15, -0.1) is 0 Å². The molecule has 40 valence electrons. The molecule has 0 saturated heterocycles. The molecule has 3 heteroatoms. The predicted molar refractivity (Wildman–Crippen MR) is 32.2 cm³/mol. The van der Waals surface area contributed by atoms with Crippen molar-refractivity contribution in [2.45, 2.75) is 13.3 Å². The van der Waals surface area contributed by atoms with E-state index in [1.165, 1.54) is 4.91 Å². The van der Waals surface area contributed by atoms with Gasteiger partial charge in [0.2, 0.25) is 0 Å². The summed E-state index contributed by atoms with van der Waals surface area (Å²) in [7, 11) is 0. The number of allylic oxidation sites excluding steroid dienone is 1. The minimum Gasteiger partial charge on any atom is -0.318 e. The standard InChI is InChI=1S/C4H8N2S/c1-2-4-3-5-6-7-4/h3,5-6H,2H2,1H3. The molecule has 7 heavy (non-hydrogen) atoms. The van der Waals surface area contributed by atoms with Crippen LogP contribution < -0.4 is 10.3 Å². The normalized spacial score (nSPS) is 18.7. The molecule has 0 amide bonds. The lowest BCUT2D eigenvalue weighted by atomic mass is 10.5. The van der Waals surface area contributed by atoms with Gasteiger partial charge in [0.25, 0.3) is 0 Å². The van der Waals surface area contributed by atoms with Crippen LogP contribution in [-0.2, 0) is 0 Å². The molecule has 1 heterocycles. The topological polar surface area (TPSA) is 24.1 Å². The number of rotatable bonds is 1. The molecule has 0 saturated carbocycles. The van der Waals surface area contributed by atoms with E-state index in [1.807, 2.05) is 6.20 Å². The Hall–Kier alpha value is -0.150. The van der Waals surface area contributed by atoms with Crippen LogP contribution in [0, 0.1) is 0 Å². The summed E-state index contributed by atoms with van der Waals surface area (Å²) in [5.41, 5.74) is 2.87. The van der Waals surface area contributed by atoms with Crippen LogP contribution >= 0.6 is 11.9 Å². The first-order chi connectivity index (χ1) is 3.43. The molecule has 0 atom stereocenters. The average Bonchev–Trinajstić information content (AvgIpc) is 2.14. The first-order valence-corrected chi connectivity index (χ1v) is 3.11. The highest BCUT2D eigenvalue weighted by molar-refractivity contribution is 8.01. The summed E-state index contributed by atoms with van der Waals surface area (Å²) in [4.78, 5) is 4.26. The molecular formula is C4H8N2S. The van der Waals surface area contributed by atoms with E-state index in [2.05, 4.69) is 17.2 Å². The first-order valence-electron chi connectivity index (χ1n) is 2.30. The van der Waals surface area contributed by atoms with Crippen LogP contribution in [0.3, 0.4) is 0 Å². The molecule has 0 fully saturated rings. The van der Waals surface area contributed by atoms with Gasteiger partial charge >= 0.3 is 0 Å². The van der Waals surface area contributed by atoms with E-state index < -0.39 is 0 Å². The molecule has 1 aliphatic rings. The van der Waals surface area contributed by atoms with Crippen LogP contribution in [0.4, 0.5) is 0 Å². The zero-order chi connectivity index (χ0) is 5.11. The monoisotopic (exact) mass is 116 g/mol. The van der Waals surface area contributed by atoms with Crippen LogP contribution in [-0.4, -0.2) is 0 Å². The first kappa shape index (κ1) is 5.00. The van der Waals surface area contributed by atoms with Crippen molar-refractivity contribution in [2.75, 3.05) is 0 Å². The second-order valence-electron chi connectivity index (χ2n) is 1.31. The molecule has 0 radical (unpaired) electrons. The second kappa shape index (κ2) is 2.23. The molecule has 0 unspecified atom stereocenters. The predicted octanol–water partition coefficient (Wildman–Crippen LogP) is 0.994. The maximum atomic E-state index is 2.90. The van der Waals surface area contributed by atoms with E-state index in [0.717, 1.165) is 6.42 Å². The van der Waals surface area contributed by atoms with Gasteiger partial charge in [0.1, 0.15) is 0 Å². The fourth-order valence-corrected chi connectivity index (χ4v) is 0.920. The van der Waals surface area contributed by atoms with Crippen molar-refractivity contribution in [1.82, 2.24) is 10.3 Å². The minimum atomic E-state index is 1.12. The number of hydrogen-bond donors (Lipinski definition) is 2. The van der Waals surface area contributed by atoms with Crippen molar-refractivity contribution in [3.8, 4) is 0 Å². The molecule has 0 spiro atoms. The van der Waals surface area contributed by atoms with Crippen LogP contribution in [0.15, 0.2) is 11.1 Å². The van der Waals surface area contributed by atoms with Crippen LogP contribution in [0.5, 0.6) is 0 Å². The summed E-state index contributed by atoms with van der Waals surface area (Å²) >= 11 is 1.64. The Morgan fingerprint density at radius 1 is 1.86 bits per heavy atom.